The van der Waals surface area contributed by atoms with Gasteiger partial charge in [-0.3, -0.25) is 0 Å². The third kappa shape index (κ3) is 1.41. The zero-order valence-corrected chi connectivity index (χ0v) is 8.49. The summed E-state index contributed by atoms with van der Waals surface area (Å²) in [7, 11) is 0. The topological polar surface area (TPSA) is 38.1 Å². The number of hydrogen-bond donors (Lipinski definition) is 1. The summed E-state index contributed by atoms with van der Waals surface area (Å²) in [5.41, 5.74) is 0.954. The Morgan fingerprint density at radius 2 is 2.21 bits per heavy atom. The molecule has 2 fully saturated rings. The predicted molar refractivity (Wildman–Crippen MR) is 54.1 cm³/mol. The van der Waals surface area contributed by atoms with Crippen molar-refractivity contribution in [2.24, 2.45) is 11.8 Å². The van der Waals surface area contributed by atoms with Crippen LogP contribution in [0.3, 0.4) is 0 Å². The van der Waals surface area contributed by atoms with E-state index in [9.17, 15) is 0 Å². The van der Waals surface area contributed by atoms with Crippen LogP contribution >= 0.6 is 0 Å². The Bertz CT molecular complexity index is 330. The number of nitrogens with one attached hydrogen (secondary N) is 1. The highest BCUT2D eigenvalue weighted by molar-refractivity contribution is 5.25. The van der Waals surface area contributed by atoms with Gasteiger partial charge in [-0.2, -0.15) is 4.98 Å². The van der Waals surface area contributed by atoms with Gasteiger partial charge in [-0.05, 0) is 44.4 Å². The summed E-state index contributed by atoms with van der Waals surface area (Å²) in [6, 6.07) is 1.33. The van der Waals surface area contributed by atoms with E-state index in [4.69, 9.17) is 4.42 Å². The van der Waals surface area contributed by atoms with Crippen molar-refractivity contribution >= 4 is 6.01 Å². The standard InChI is InChI=1S/C11H16N2O/c1-7-6-14-11(12-7)13-10-5-4-9(10)8-2-3-8/h6,8-10H,2-5H2,1H3,(H,12,13). The van der Waals surface area contributed by atoms with E-state index in [0.29, 0.717) is 12.1 Å². The molecule has 3 nitrogen and oxygen atoms in total. The minimum absolute atomic E-state index is 0.626. The van der Waals surface area contributed by atoms with E-state index in [1.54, 1.807) is 6.26 Å². The average Bonchev–Trinajstić information content (AvgIpc) is 2.84. The van der Waals surface area contributed by atoms with Crippen molar-refractivity contribution in [3.8, 4) is 0 Å². The molecule has 2 aliphatic rings. The van der Waals surface area contributed by atoms with Crippen LogP contribution in [-0.4, -0.2) is 11.0 Å². The molecule has 0 spiro atoms. The molecule has 2 unspecified atom stereocenters. The summed E-state index contributed by atoms with van der Waals surface area (Å²) in [6.07, 6.45) is 7.25. The van der Waals surface area contributed by atoms with E-state index in [1.165, 1.54) is 25.7 Å². The molecule has 76 valence electrons. The molecule has 0 saturated heterocycles. The van der Waals surface area contributed by atoms with Gasteiger partial charge >= 0.3 is 0 Å². The molecule has 0 aliphatic heterocycles. The largest absolute Gasteiger partial charge is 0.432 e. The van der Waals surface area contributed by atoms with Crippen molar-refractivity contribution in [2.75, 3.05) is 5.32 Å². The van der Waals surface area contributed by atoms with Crippen LogP contribution in [-0.2, 0) is 0 Å². The molecule has 0 radical (unpaired) electrons. The van der Waals surface area contributed by atoms with E-state index < -0.39 is 0 Å². The molecular formula is C11H16N2O. The smallest absolute Gasteiger partial charge is 0.294 e. The number of hydrogen-bond acceptors (Lipinski definition) is 3. The summed E-state index contributed by atoms with van der Waals surface area (Å²) in [5, 5.41) is 3.39. The van der Waals surface area contributed by atoms with E-state index in [0.717, 1.165) is 17.5 Å². The van der Waals surface area contributed by atoms with Crippen molar-refractivity contribution in [1.82, 2.24) is 4.98 Å². The third-order valence-electron chi connectivity index (χ3n) is 3.48. The molecule has 1 N–H and O–H groups in total. The molecule has 0 amide bonds. The van der Waals surface area contributed by atoms with E-state index in [-0.39, 0.29) is 0 Å². The number of anilines is 1. The first-order chi connectivity index (χ1) is 6.83. The van der Waals surface area contributed by atoms with Gasteiger partial charge in [0.1, 0.15) is 6.26 Å². The number of aromatic nitrogens is 1. The van der Waals surface area contributed by atoms with Crippen LogP contribution < -0.4 is 5.32 Å². The van der Waals surface area contributed by atoms with Crippen LogP contribution in [0.25, 0.3) is 0 Å². The van der Waals surface area contributed by atoms with Gasteiger partial charge in [-0.15, -0.1) is 0 Å². The zero-order chi connectivity index (χ0) is 9.54. The monoisotopic (exact) mass is 192 g/mol. The average molecular weight is 192 g/mol. The molecule has 0 aromatic carbocycles. The molecule has 2 aliphatic carbocycles. The Kier molecular flexibility index (Phi) is 1.79. The molecule has 0 bridgehead atoms. The first-order valence-electron chi connectivity index (χ1n) is 5.51. The SMILES string of the molecule is Cc1coc(NC2CCC2C2CC2)n1. The molecule has 1 aromatic heterocycles. The van der Waals surface area contributed by atoms with Crippen molar-refractivity contribution in [3.05, 3.63) is 12.0 Å². The van der Waals surface area contributed by atoms with E-state index >= 15 is 0 Å². The number of oxazole rings is 1. The Balaban J connectivity index is 1.61. The van der Waals surface area contributed by atoms with Gasteiger partial charge in [-0.25, -0.2) is 0 Å². The number of rotatable bonds is 3. The van der Waals surface area contributed by atoms with Crippen LogP contribution in [0.2, 0.25) is 0 Å². The Hall–Kier alpha value is -0.990. The fourth-order valence-electron chi connectivity index (χ4n) is 2.37. The highest BCUT2D eigenvalue weighted by Crippen LogP contribution is 2.47. The Labute approximate surface area is 83.9 Å². The quantitative estimate of drug-likeness (QED) is 0.799. The lowest BCUT2D eigenvalue weighted by Gasteiger charge is -2.36. The number of nitrogens with zero attached hydrogens (tertiary/aromatic N) is 1. The molecule has 1 heterocycles. The summed E-state index contributed by atoms with van der Waals surface area (Å²) < 4.78 is 5.30. The third-order valence-corrected chi connectivity index (χ3v) is 3.48. The normalized spacial score (nSPS) is 31.2. The second-order valence-corrected chi connectivity index (χ2v) is 4.62. The van der Waals surface area contributed by atoms with Crippen LogP contribution in [0.1, 0.15) is 31.4 Å². The van der Waals surface area contributed by atoms with Crippen molar-refractivity contribution in [3.63, 3.8) is 0 Å². The lowest BCUT2D eigenvalue weighted by Crippen LogP contribution is -2.39. The summed E-state index contributed by atoms with van der Waals surface area (Å²) in [6.45, 7) is 1.95. The first kappa shape index (κ1) is 8.33. The second-order valence-electron chi connectivity index (χ2n) is 4.62. The summed E-state index contributed by atoms with van der Waals surface area (Å²) in [5.74, 6) is 1.89. The van der Waals surface area contributed by atoms with Gasteiger partial charge in [0, 0.05) is 6.04 Å². The van der Waals surface area contributed by atoms with Crippen LogP contribution in [0.4, 0.5) is 6.01 Å². The van der Waals surface area contributed by atoms with Gasteiger partial charge < -0.3 is 9.73 Å². The predicted octanol–water partition coefficient (Wildman–Crippen LogP) is 2.58. The van der Waals surface area contributed by atoms with Crippen LogP contribution in [0, 0.1) is 18.8 Å². The van der Waals surface area contributed by atoms with Gasteiger partial charge in [0.15, 0.2) is 0 Å². The molecular weight excluding hydrogens is 176 g/mol. The summed E-state index contributed by atoms with van der Waals surface area (Å²) in [4.78, 5) is 4.27. The maximum absolute atomic E-state index is 5.30. The second kappa shape index (κ2) is 3.01. The first-order valence-corrected chi connectivity index (χ1v) is 5.51. The Morgan fingerprint density at radius 3 is 2.71 bits per heavy atom. The maximum atomic E-state index is 5.30. The lowest BCUT2D eigenvalue weighted by atomic mass is 9.76. The Morgan fingerprint density at radius 1 is 1.36 bits per heavy atom. The lowest BCUT2D eigenvalue weighted by molar-refractivity contribution is 0.239. The van der Waals surface area contributed by atoms with E-state index in [1.807, 2.05) is 6.92 Å². The van der Waals surface area contributed by atoms with Gasteiger partial charge in [0.05, 0.1) is 5.69 Å². The maximum Gasteiger partial charge on any atom is 0.294 e. The molecule has 3 rings (SSSR count). The van der Waals surface area contributed by atoms with Crippen molar-refractivity contribution in [1.29, 1.82) is 0 Å². The number of aryl methyl sites for hydroxylation is 1. The molecule has 2 atom stereocenters. The van der Waals surface area contributed by atoms with Crippen LogP contribution in [0.5, 0.6) is 0 Å². The molecule has 3 heteroatoms. The fraction of sp³-hybridized carbons (Fsp3) is 0.727. The summed E-state index contributed by atoms with van der Waals surface area (Å²) >= 11 is 0. The highest BCUT2D eigenvalue weighted by atomic mass is 16.4. The van der Waals surface area contributed by atoms with Crippen LogP contribution in [0.15, 0.2) is 10.7 Å². The zero-order valence-electron chi connectivity index (χ0n) is 8.49. The van der Waals surface area contributed by atoms with E-state index in [2.05, 4.69) is 10.3 Å². The fourth-order valence-corrected chi connectivity index (χ4v) is 2.37. The van der Waals surface area contributed by atoms with Gasteiger partial charge in [0.2, 0.25) is 0 Å². The minimum Gasteiger partial charge on any atom is -0.432 e. The van der Waals surface area contributed by atoms with Crippen molar-refractivity contribution in [2.45, 2.75) is 38.6 Å². The van der Waals surface area contributed by atoms with Gasteiger partial charge in [0.25, 0.3) is 6.01 Å². The molecule has 2 saturated carbocycles. The van der Waals surface area contributed by atoms with Gasteiger partial charge in [-0.1, -0.05) is 0 Å². The van der Waals surface area contributed by atoms with Crippen molar-refractivity contribution < 1.29 is 4.42 Å². The molecule has 14 heavy (non-hydrogen) atoms. The molecule has 1 aromatic rings. The minimum atomic E-state index is 0.626. The highest BCUT2D eigenvalue weighted by Gasteiger charge is 2.42.